The Hall–Kier alpha value is -3.49. The smallest absolute Gasteiger partial charge is 0.272 e. The van der Waals surface area contributed by atoms with Gasteiger partial charge in [0.15, 0.2) is 5.69 Å². The Morgan fingerprint density at radius 2 is 1.73 bits per heavy atom. The van der Waals surface area contributed by atoms with Crippen molar-refractivity contribution >= 4 is 38.4 Å². The molecular formula is C29H30BrN5O2. The molecule has 2 aromatic carbocycles. The van der Waals surface area contributed by atoms with Gasteiger partial charge in [-0.25, -0.2) is 4.98 Å². The second-order valence-corrected chi connectivity index (χ2v) is 10.1. The number of nitrogens with one attached hydrogen (secondary N) is 2. The molecule has 0 bridgehead atoms. The van der Waals surface area contributed by atoms with Crippen LogP contribution in [0.25, 0.3) is 10.9 Å². The van der Waals surface area contributed by atoms with E-state index in [9.17, 15) is 4.79 Å². The van der Waals surface area contributed by atoms with Crippen LogP contribution in [0.2, 0.25) is 0 Å². The van der Waals surface area contributed by atoms with Gasteiger partial charge in [0.1, 0.15) is 17.0 Å². The molecule has 37 heavy (non-hydrogen) atoms. The summed E-state index contributed by atoms with van der Waals surface area (Å²) in [6, 6.07) is 22.1. The summed E-state index contributed by atoms with van der Waals surface area (Å²) in [7, 11) is 0. The Bertz CT molecular complexity index is 1360. The van der Waals surface area contributed by atoms with Crippen molar-refractivity contribution in [1.82, 2.24) is 15.3 Å². The Morgan fingerprint density at radius 1 is 0.973 bits per heavy atom. The molecule has 0 spiro atoms. The highest BCUT2D eigenvalue weighted by atomic mass is 79.9. The maximum absolute atomic E-state index is 13.3. The van der Waals surface area contributed by atoms with Crippen LogP contribution in [0.4, 0.5) is 5.69 Å². The highest BCUT2D eigenvalue weighted by Gasteiger charge is 2.24. The summed E-state index contributed by atoms with van der Waals surface area (Å²) in [6.07, 6.45) is 5.55. The number of aromatic nitrogens is 2. The molecular weight excluding hydrogens is 530 g/mol. The molecule has 1 aliphatic rings. The number of ether oxygens (including phenoxy) is 1. The number of carbonyl (C=O) groups excluding carboxylic acids is 1. The van der Waals surface area contributed by atoms with Gasteiger partial charge in [-0.2, -0.15) is 0 Å². The number of nitrogens with zero attached hydrogens (tertiary/aromatic N) is 2. The predicted molar refractivity (Wildman–Crippen MR) is 149 cm³/mol. The van der Waals surface area contributed by atoms with Crippen molar-refractivity contribution in [3.05, 3.63) is 94.4 Å². The van der Waals surface area contributed by atoms with Crippen LogP contribution >= 0.6 is 15.9 Å². The van der Waals surface area contributed by atoms with E-state index >= 15 is 0 Å². The second-order valence-electron chi connectivity index (χ2n) is 9.38. The summed E-state index contributed by atoms with van der Waals surface area (Å²) >= 11 is 3.53. The van der Waals surface area contributed by atoms with Crippen LogP contribution in [0.3, 0.4) is 0 Å². The average molecular weight is 560 g/mol. The summed E-state index contributed by atoms with van der Waals surface area (Å²) < 4.78 is 6.46. The third-order valence-corrected chi connectivity index (χ3v) is 7.28. The molecule has 0 unspecified atom stereocenters. The zero-order chi connectivity index (χ0) is 25.6. The van der Waals surface area contributed by atoms with Crippen LogP contribution in [0.1, 0.15) is 47.3 Å². The van der Waals surface area contributed by atoms with Gasteiger partial charge in [0.25, 0.3) is 5.91 Å². The zero-order valence-corrected chi connectivity index (χ0v) is 22.1. The third kappa shape index (κ3) is 6.26. The summed E-state index contributed by atoms with van der Waals surface area (Å²) in [5.74, 6) is 0.525. The van der Waals surface area contributed by atoms with E-state index in [1.54, 1.807) is 6.20 Å². The molecule has 7 nitrogen and oxygen atoms in total. The monoisotopic (exact) mass is 559 g/mol. The van der Waals surface area contributed by atoms with E-state index in [-0.39, 0.29) is 18.0 Å². The van der Waals surface area contributed by atoms with E-state index in [0.29, 0.717) is 29.1 Å². The number of anilines is 1. The number of halogens is 1. The van der Waals surface area contributed by atoms with E-state index in [0.717, 1.165) is 53.5 Å². The van der Waals surface area contributed by atoms with E-state index < -0.39 is 0 Å². The van der Waals surface area contributed by atoms with Gasteiger partial charge in [0, 0.05) is 30.2 Å². The molecule has 5 rings (SSSR count). The van der Waals surface area contributed by atoms with Crippen LogP contribution in [0.5, 0.6) is 5.75 Å². The molecule has 190 valence electrons. The molecule has 1 amide bonds. The van der Waals surface area contributed by atoms with Crippen LogP contribution in [0, 0.1) is 0 Å². The molecule has 1 fully saturated rings. The first-order valence-electron chi connectivity index (χ1n) is 12.6. The topological polar surface area (TPSA) is 102 Å². The van der Waals surface area contributed by atoms with Gasteiger partial charge in [-0.05, 0) is 77.0 Å². The Balaban J connectivity index is 1.28. The van der Waals surface area contributed by atoms with Crippen molar-refractivity contribution in [1.29, 1.82) is 0 Å². The first-order chi connectivity index (χ1) is 18.1. The van der Waals surface area contributed by atoms with Gasteiger partial charge in [-0.15, -0.1) is 0 Å². The van der Waals surface area contributed by atoms with Crippen LogP contribution in [0.15, 0.2) is 77.5 Å². The zero-order valence-electron chi connectivity index (χ0n) is 20.5. The van der Waals surface area contributed by atoms with Gasteiger partial charge in [-0.3, -0.25) is 9.78 Å². The fraction of sp³-hybridized carbons (Fsp3) is 0.276. The van der Waals surface area contributed by atoms with E-state index in [1.807, 2.05) is 66.7 Å². The second kappa shape index (κ2) is 11.7. The van der Waals surface area contributed by atoms with Crippen molar-refractivity contribution < 1.29 is 9.53 Å². The molecule has 4 N–H and O–H groups in total. The minimum Gasteiger partial charge on any atom is -0.489 e. The molecule has 1 saturated carbocycles. The van der Waals surface area contributed by atoms with Crippen LogP contribution in [-0.4, -0.2) is 28.0 Å². The Kier molecular flexibility index (Phi) is 7.96. The summed E-state index contributed by atoms with van der Waals surface area (Å²) in [4.78, 5) is 22.5. The molecule has 2 heterocycles. The molecule has 0 radical (unpaired) electrons. The molecule has 4 aromatic rings. The van der Waals surface area contributed by atoms with Crippen LogP contribution < -0.4 is 21.1 Å². The first-order valence-corrected chi connectivity index (χ1v) is 13.4. The van der Waals surface area contributed by atoms with Gasteiger partial charge >= 0.3 is 0 Å². The number of benzene rings is 2. The van der Waals surface area contributed by atoms with Crippen molar-refractivity contribution in [3.8, 4) is 5.75 Å². The largest absolute Gasteiger partial charge is 0.489 e. The molecule has 0 saturated heterocycles. The number of amides is 1. The highest BCUT2D eigenvalue weighted by Crippen LogP contribution is 2.32. The van der Waals surface area contributed by atoms with Gasteiger partial charge in [0.05, 0.1) is 11.2 Å². The Morgan fingerprint density at radius 3 is 2.49 bits per heavy atom. The lowest BCUT2D eigenvalue weighted by Gasteiger charge is -2.28. The maximum atomic E-state index is 13.3. The van der Waals surface area contributed by atoms with Gasteiger partial charge in [0.2, 0.25) is 0 Å². The summed E-state index contributed by atoms with van der Waals surface area (Å²) in [5.41, 5.74) is 9.90. The van der Waals surface area contributed by atoms with Crippen molar-refractivity contribution in [2.24, 2.45) is 5.73 Å². The number of rotatable bonds is 8. The number of nitrogens with two attached hydrogens (primary N) is 1. The minimum absolute atomic E-state index is 0.225. The van der Waals surface area contributed by atoms with Gasteiger partial charge < -0.3 is 21.1 Å². The molecule has 1 aliphatic carbocycles. The summed E-state index contributed by atoms with van der Waals surface area (Å²) in [5, 5.41) is 7.46. The quantitative estimate of drug-likeness (QED) is 0.243. The normalized spacial score (nSPS) is 17.4. The molecule has 8 heteroatoms. The number of hydrogen-bond donors (Lipinski definition) is 3. The van der Waals surface area contributed by atoms with E-state index in [4.69, 9.17) is 10.5 Å². The molecule has 2 aromatic heterocycles. The lowest BCUT2D eigenvalue weighted by Crippen LogP contribution is -2.34. The minimum atomic E-state index is -0.257. The molecule has 0 atom stereocenters. The van der Waals surface area contributed by atoms with E-state index in [2.05, 4.69) is 36.5 Å². The Labute approximate surface area is 225 Å². The number of hydrogen-bond acceptors (Lipinski definition) is 6. The molecule has 0 aliphatic heterocycles. The predicted octanol–water partition coefficient (Wildman–Crippen LogP) is 5.58. The van der Waals surface area contributed by atoms with Crippen molar-refractivity contribution in [3.63, 3.8) is 0 Å². The van der Waals surface area contributed by atoms with E-state index in [1.165, 1.54) is 0 Å². The third-order valence-electron chi connectivity index (χ3n) is 6.67. The maximum Gasteiger partial charge on any atom is 0.272 e. The van der Waals surface area contributed by atoms with Crippen molar-refractivity contribution in [2.75, 3.05) is 5.32 Å². The van der Waals surface area contributed by atoms with Gasteiger partial charge in [-0.1, -0.05) is 42.5 Å². The average Bonchev–Trinajstić information content (AvgIpc) is 2.94. The first kappa shape index (κ1) is 25.2. The fourth-order valence-electron chi connectivity index (χ4n) is 4.58. The SMILES string of the molecule is NC1CCC(Nc2c(C(=O)NCc3ccc(OCc4ccccc4)cc3)nc(Br)c3cccnc23)CC1. The number of carbonyl (C=O) groups is 1. The lowest BCUT2D eigenvalue weighted by atomic mass is 9.91. The lowest BCUT2D eigenvalue weighted by molar-refractivity contribution is 0.0946. The standard InChI is InChI=1S/C29H30BrN5O2/c30-28-24-7-4-16-32-25(24)26(34-22-12-10-21(31)11-13-22)27(35-28)29(36)33-17-19-8-14-23(15-9-19)37-18-20-5-2-1-3-6-20/h1-9,14-16,21-22,34H,10-13,17-18,31H2,(H,33,36). The van der Waals surface area contributed by atoms with Crippen LogP contribution in [-0.2, 0) is 13.2 Å². The summed E-state index contributed by atoms with van der Waals surface area (Å²) in [6.45, 7) is 0.880. The van der Waals surface area contributed by atoms with Crippen molar-refractivity contribution in [2.45, 2.75) is 50.9 Å². The number of fused-ring (bicyclic) bond motifs is 1. The highest BCUT2D eigenvalue weighted by molar-refractivity contribution is 9.10. The fourth-order valence-corrected chi connectivity index (χ4v) is 5.07. The number of pyridine rings is 2.